The first kappa shape index (κ1) is 43.3. The van der Waals surface area contributed by atoms with E-state index in [9.17, 15) is 36.4 Å². The van der Waals surface area contributed by atoms with E-state index >= 15 is 0 Å². The highest BCUT2D eigenvalue weighted by molar-refractivity contribution is 7.91. The zero-order valence-electron chi connectivity index (χ0n) is 33.5. The highest BCUT2D eigenvalue weighted by Crippen LogP contribution is 2.48. The van der Waals surface area contributed by atoms with Gasteiger partial charge in [0, 0.05) is 23.9 Å². The number of pyridine rings is 1. The third-order valence-electron chi connectivity index (χ3n) is 12.0. The van der Waals surface area contributed by atoms with Gasteiger partial charge in [0.1, 0.15) is 29.5 Å². The number of aromatic nitrogens is 1. The summed E-state index contributed by atoms with van der Waals surface area (Å²) in [6.07, 6.45) is 3.08. The number of carbonyl (C=O) groups excluding carboxylic acids is 4. The standard InChI is InChI=1S/C40H52ClF2N5O9S/c1-7-23-16-22(2)10-8-9-11-25-20-40(25,36(51)47-58(53,54)39(5)13-14-39)46-32(49)29-18-26(56-33-27-19-28(41)30(55-6)17-24(27)12-15-44-33)21-48(29)34(50)31(23)45-37(52)57-38(3,4)35(42)43/h9,11-12,15,17,19,22-23,25-26,29,31,35H,7-8,10,13-14,16,18,20-21H2,1-6H3,(H,45,52)(H,46,49)(H,47,51)/b11-9-/t22-,23+,25+,26+,29-,31-,40+/m0/s1. The van der Waals surface area contributed by atoms with E-state index < -0.39 is 86.2 Å². The molecule has 318 valence electrons. The van der Waals surface area contributed by atoms with Crippen molar-refractivity contribution in [3.63, 3.8) is 0 Å². The molecule has 0 radical (unpaired) electrons. The SMILES string of the molecule is CC[C@@H]1C[C@@H](C)CC/C=C\[C@@H]2C[C@@]2(C(=O)NS(=O)(=O)C2(C)CC2)NC(=O)[C@@H]2C[C@@H](Oc3nccc4cc(OC)c(Cl)cc34)CN2C(=O)[C@H]1NC(=O)OC(C)(C)C(F)F. The summed E-state index contributed by atoms with van der Waals surface area (Å²) in [5, 5.41) is 6.93. The first-order valence-corrected chi connectivity index (χ1v) is 21.5. The number of alkyl carbamates (subject to hydrolysis) is 1. The lowest BCUT2D eigenvalue weighted by molar-refractivity contribution is -0.142. The summed E-state index contributed by atoms with van der Waals surface area (Å²) in [7, 11) is -2.58. The topological polar surface area (TPSA) is 182 Å². The van der Waals surface area contributed by atoms with Crippen molar-refractivity contribution >= 4 is 56.2 Å². The molecule has 1 aromatic carbocycles. The number of halogens is 3. The smallest absolute Gasteiger partial charge is 0.408 e. The van der Waals surface area contributed by atoms with Gasteiger partial charge in [0.25, 0.3) is 12.3 Å². The van der Waals surface area contributed by atoms with Crippen molar-refractivity contribution in [2.75, 3.05) is 13.7 Å². The van der Waals surface area contributed by atoms with Gasteiger partial charge < -0.3 is 29.7 Å². The van der Waals surface area contributed by atoms with E-state index in [4.69, 9.17) is 25.8 Å². The molecule has 2 aromatic rings. The number of nitrogens with one attached hydrogen (secondary N) is 3. The number of fused-ring (bicyclic) bond motifs is 3. The van der Waals surface area contributed by atoms with E-state index in [1.165, 1.54) is 18.2 Å². The van der Waals surface area contributed by atoms with Crippen LogP contribution in [0.2, 0.25) is 5.02 Å². The van der Waals surface area contributed by atoms with Gasteiger partial charge in [0.2, 0.25) is 27.7 Å². The van der Waals surface area contributed by atoms with Crippen molar-refractivity contribution in [1.82, 2.24) is 25.2 Å². The van der Waals surface area contributed by atoms with Crippen molar-refractivity contribution in [2.24, 2.45) is 17.8 Å². The van der Waals surface area contributed by atoms with Crippen LogP contribution in [-0.2, 0) is 29.1 Å². The van der Waals surface area contributed by atoms with Crippen LogP contribution in [-0.4, -0.2) is 96.3 Å². The van der Waals surface area contributed by atoms with Crippen molar-refractivity contribution in [3.8, 4) is 11.6 Å². The fourth-order valence-electron chi connectivity index (χ4n) is 7.81. The zero-order chi connectivity index (χ0) is 42.4. The second-order valence-corrected chi connectivity index (χ2v) is 19.5. The molecule has 3 N–H and O–H groups in total. The molecule has 0 unspecified atom stereocenters. The van der Waals surface area contributed by atoms with Crippen LogP contribution in [0.25, 0.3) is 10.8 Å². The molecular weight excluding hydrogens is 800 g/mol. The van der Waals surface area contributed by atoms with Crippen molar-refractivity contribution in [1.29, 1.82) is 0 Å². The minimum Gasteiger partial charge on any atom is -0.495 e. The highest BCUT2D eigenvalue weighted by Gasteiger charge is 2.63. The van der Waals surface area contributed by atoms with E-state index in [1.807, 2.05) is 26.0 Å². The molecule has 2 aliphatic heterocycles. The normalized spacial score (nSPS) is 29.2. The number of ether oxygens (including phenoxy) is 3. The number of benzene rings is 1. The summed E-state index contributed by atoms with van der Waals surface area (Å²) in [5.41, 5.74) is -3.78. The molecule has 2 saturated carbocycles. The molecule has 4 amide bonds. The Bertz CT molecular complexity index is 2080. The Morgan fingerprint density at radius 3 is 2.57 bits per heavy atom. The van der Waals surface area contributed by atoms with E-state index in [0.29, 0.717) is 60.1 Å². The number of hydrogen-bond acceptors (Lipinski definition) is 10. The first-order valence-electron chi connectivity index (χ1n) is 19.7. The Balaban J connectivity index is 1.37. The maximum Gasteiger partial charge on any atom is 0.408 e. The molecule has 2 aliphatic carbocycles. The second-order valence-electron chi connectivity index (χ2n) is 16.9. The van der Waals surface area contributed by atoms with Crippen LogP contribution in [0.15, 0.2) is 36.5 Å². The average molecular weight is 852 g/mol. The lowest BCUT2D eigenvalue weighted by atomic mass is 9.85. The summed E-state index contributed by atoms with van der Waals surface area (Å²) in [5.74, 6) is -2.70. The number of allylic oxidation sites excluding steroid dienone is 1. The number of rotatable bonds is 10. The third kappa shape index (κ3) is 8.85. The van der Waals surface area contributed by atoms with Gasteiger partial charge in [-0.15, -0.1) is 0 Å². The summed E-state index contributed by atoms with van der Waals surface area (Å²) in [4.78, 5) is 62.4. The Labute approximate surface area is 342 Å². The number of alkyl halides is 2. The molecule has 4 aliphatic rings. The maximum absolute atomic E-state index is 14.9. The number of carbonyl (C=O) groups is 4. The van der Waals surface area contributed by atoms with Gasteiger partial charge in [-0.2, -0.15) is 0 Å². The van der Waals surface area contributed by atoms with Gasteiger partial charge >= 0.3 is 6.09 Å². The molecule has 3 fully saturated rings. The molecule has 14 nitrogen and oxygen atoms in total. The van der Waals surface area contributed by atoms with Crippen molar-refractivity contribution < 1.29 is 50.6 Å². The Morgan fingerprint density at radius 1 is 1.19 bits per heavy atom. The van der Waals surface area contributed by atoms with Crippen LogP contribution in [0.5, 0.6) is 11.6 Å². The molecule has 0 spiro atoms. The monoisotopic (exact) mass is 851 g/mol. The molecule has 58 heavy (non-hydrogen) atoms. The fraction of sp³-hybridized carbons (Fsp3) is 0.625. The predicted molar refractivity (Wildman–Crippen MR) is 211 cm³/mol. The largest absolute Gasteiger partial charge is 0.495 e. The molecule has 1 saturated heterocycles. The molecule has 3 heterocycles. The van der Waals surface area contributed by atoms with Gasteiger partial charge in [-0.1, -0.05) is 44.0 Å². The van der Waals surface area contributed by atoms with Crippen LogP contribution < -0.4 is 24.8 Å². The Hall–Kier alpha value is -4.25. The van der Waals surface area contributed by atoms with E-state index in [2.05, 4.69) is 20.3 Å². The number of nitrogens with zero attached hydrogens (tertiary/aromatic N) is 2. The van der Waals surface area contributed by atoms with Crippen molar-refractivity contribution in [3.05, 3.63) is 41.6 Å². The van der Waals surface area contributed by atoms with Crippen LogP contribution in [0.1, 0.15) is 86.0 Å². The van der Waals surface area contributed by atoms with Gasteiger partial charge in [-0.3, -0.25) is 19.1 Å². The van der Waals surface area contributed by atoms with Crippen molar-refractivity contribution in [2.45, 2.75) is 126 Å². The van der Waals surface area contributed by atoms with Gasteiger partial charge in [-0.05, 0) is 94.7 Å². The summed E-state index contributed by atoms with van der Waals surface area (Å²) in [6.45, 7) is 7.35. The van der Waals surface area contributed by atoms with Gasteiger partial charge in [0.15, 0.2) is 5.60 Å². The van der Waals surface area contributed by atoms with Gasteiger partial charge in [-0.25, -0.2) is 27.0 Å². The zero-order valence-corrected chi connectivity index (χ0v) is 35.1. The molecule has 6 rings (SSSR count). The summed E-state index contributed by atoms with van der Waals surface area (Å²) in [6, 6.07) is 2.50. The number of sulfonamides is 1. The van der Waals surface area contributed by atoms with Gasteiger partial charge in [0.05, 0.1) is 23.4 Å². The molecule has 7 atom stereocenters. The quantitative estimate of drug-likeness (QED) is 0.253. The molecule has 1 aromatic heterocycles. The number of hydrogen-bond donors (Lipinski definition) is 3. The fourth-order valence-corrected chi connectivity index (χ4v) is 9.36. The van der Waals surface area contributed by atoms with E-state index in [0.717, 1.165) is 13.8 Å². The average Bonchev–Trinajstić information content (AvgIpc) is 4.04. The maximum atomic E-state index is 14.9. The lowest BCUT2D eigenvalue weighted by Crippen LogP contribution is -2.59. The van der Waals surface area contributed by atoms with Crippen LogP contribution >= 0.6 is 11.6 Å². The molecule has 0 bridgehead atoms. The van der Waals surface area contributed by atoms with E-state index in [1.54, 1.807) is 25.1 Å². The van der Waals surface area contributed by atoms with Crippen LogP contribution in [0, 0.1) is 17.8 Å². The minimum atomic E-state index is -4.06. The minimum absolute atomic E-state index is 0.0233. The van der Waals surface area contributed by atoms with Crippen LogP contribution in [0.4, 0.5) is 13.6 Å². The number of methoxy groups -OCH3 is 1. The second kappa shape index (κ2) is 16.4. The lowest BCUT2D eigenvalue weighted by Gasteiger charge is -2.34. The van der Waals surface area contributed by atoms with Crippen LogP contribution in [0.3, 0.4) is 0 Å². The Morgan fingerprint density at radius 2 is 1.91 bits per heavy atom. The molecule has 18 heteroatoms. The summed E-state index contributed by atoms with van der Waals surface area (Å²) >= 11 is 6.46. The highest BCUT2D eigenvalue weighted by atomic mass is 35.5. The summed E-state index contributed by atoms with van der Waals surface area (Å²) < 4.78 is 72.0. The van der Waals surface area contributed by atoms with E-state index in [-0.39, 0.29) is 31.2 Å². The predicted octanol–water partition coefficient (Wildman–Crippen LogP) is 5.66. The first-order chi connectivity index (χ1) is 27.2. The number of amides is 4. The Kier molecular flexibility index (Phi) is 12.3. The third-order valence-corrected chi connectivity index (χ3v) is 14.5. The molecular formula is C40H52ClF2N5O9S.